The molecule has 0 amide bonds. The lowest BCUT2D eigenvalue weighted by molar-refractivity contribution is -0.386. The minimum Gasteiger partial charge on any atom is -0.454 e. The number of ether oxygens (including phenoxy) is 1. The van der Waals surface area contributed by atoms with E-state index in [1.54, 1.807) is 0 Å². The van der Waals surface area contributed by atoms with Crippen LogP contribution in [0.2, 0.25) is 0 Å². The van der Waals surface area contributed by atoms with Crippen LogP contribution in [0.25, 0.3) is 11.4 Å². The lowest BCUT2D eigenvalue weighted by Crippen LogP contribution is -2.15. The fourth-order valence-electron chi connectivity index (χ4n) is 2.43. The largest absolute Gasteiger partial charge is 0.454 e. The number of benzene rings is 1. The fourth-order valence-corrected chi connectivity index (χ4v) is 2.43. The highest BCUT2D eigenvalue weighted by molar-refractivity contribution is 5.69. The summed E-state index contributed by atoms with van der Waals surface area (Å²) in [5.74, 6) is -0.0765. The summed E-state index contributed by atoms with van der Waals surface area (Å²) in [6.45, 7) is 2.59. The van der Waals surface area contributed by atoms with E-state index in [1.807, 2.05) is 30.3 Å². The number of carbonyl (C=O) groups is 1. The highest BCUT2D eigenvalue weighted by Crippen LogP contribution is 2.21. The van der Waals surface area contributed by atoms with Crippen molar-refractivity contribution in [2.24, 2.45) is 0 Å². The summed E-state index contributed by atoms with van der Waals surface area (Å²) < 4.78 is 11.4. The first-order valence-electron chi connectivity index (χ1n) is 7.67. The SMILES string of the molecule is Cc1nn(CC(=O)OCc2nc(-c3ccccc3)no2)c(C)c1[N+](=O)[O-]. The van der Waals surface area contributed by atoms with Crippen LogP contribution in [0, 0.1) is 24.0 Å². The van der Waals surface area contributed by atoms with Crippen molar-refractivity contribution in [2.45, 2.75) is 27.0 Å². The molecule has 0 unspecified atom stereocenters. The molecule has 0 N–H and O–H groups in total. The second kappa shape index (κ2) is 7.13. The van der Waals surface area contributed by atoms with Gasteiger partial charge >= 0.3 is 11.7 Å². The average molecular weight is 357 g/mol. The summed E-state index contributed by atoms with van der Waals surface area (Å²) in [5.41, 5.74) is 1.20. The second-order valence-corrected chi connectivity index (χ2v) is 5.47. The maximum atomic E-state index is 12.0. The van der Waals surface area contributed by atoms with Crippen molar-refractivity contribution in [2.75, 3.05) is 0 Å². The van der Waals surface area contributed by atoms with E-state index in [2.05, 4.69) is 15.2 Å². The van der Waals surface area contributed by atoms with Crippen molar-refractivity contribution in [1.29, 1.82) is 0 Å². The van der Waals surface area contributed by atoms with Crippen LogP contribution in [0.4, 0.5) is 5.69 Å². The van der Waals surface area contributed by atoms with E-state index in [0.717, 1.165) is 5.56 Å². The standard InChI is InChI=1S/C16H15N5O5/c1-10-15(21(23)24)11(2)20(18-10)8-14(22)25-9-13-17-16(19-26-13)12-6-4-3-5-7-12/h3-7H,8-9H2,1-2H3. The van der Waals surface area contributed by atoms with Crippen LogP contribution < -0.4 is 0 Å². The third-order valence-electron chi connectivity index (χ3n) is 3.66. The fraction of sp³-hybridized carbons (Fsp3) is 0.250. The molecule has 0 saturated carbocycles. The molecule has 0 radical (unpaired) electrons. The van der Waals surface area contributed by atoms with Gasteiger partial charge in [0.05, 0.1) is 4.92 Å². The quantitative estimate of drug-likeness (QED) is 0.373. The third-order valence-corrected chi connectivity index (χ3v) is 3.66. The van der Waals surface area contributed by atoms with Crippen LogP contribution >= 0.6 is 0 Å². The number of aromatic nitrogens is 4. The molecule has 0 bridgehead atoms. The molecule has 0 aliphatic rings. The van der Waals surface area contributed by atoms with Gasteiger partial charge in [-0.2, -0.15) is 10.1 Å². The van der Waals surface area contributed by atoms with E-state index in [-0.39, 0.29) is 36.1 Å². The second-order valence-electron chi connectivity index (χ2n) is 5.47. The number of nitro groups is 1. The molecule has 0 fully saturated rings. The Morgan fingerprint density at radius 2 is 2.04 bits per heavy atom. The molecule has 0 aliphatic carbocycles. The molecule has 0 atom stereocenters. The summed E-state index contributed by atoms with van der Waals surface area (Å²) in [6.07, 6.45) is 0. The van der Waals surface area contributed by atoms with Crippen molar-refractivity contribution in [3.05, 3.63) is 57.7 Å². The molecular weight excluding hydrogens is 342 g/mol. The molecule has 2 heterocycles. The number of rotatable bonds is 6. The maximum Gasteiger partial charge on any atom is 0.328 e. The Balaban J connectivity index is 1.61. The Hall–Kier alpha value is -3.56. The third kappa shape index (κ3) is 3.58. The van der Waals surface area contributed by atoms with Crippen LogP contribution in [0.3, 0.4) is 0 Å². The summed E-state index contributed by atoms with van der Waals surface area (Å²) >= 11 is 0. The minimum atomic E-state index is -0.620. The van der Waals surface area contributed by atoms with Gasteiger partial charge in [0.2, 0.25) is 5.82 Å². The van der Waals surface area contributed by atoms with Gasteiger partial charge in [-0.05, 0) is 13.8 Å². The van der Waals surface area contributed by atoms with E-state index in [1.165, 1.54) is 18.5 Å². The highest BCUT2D eigenvalue weighted by Gasteiger charge is 2.23. The molecule has 134 valence electrons. The normalized spacial score (nSPS) is 10.7. The molecular formula is C16H15N5O5. The minimum absolute atomic E-state index is 0.109. The topological polar surface area (TPSA) is 126 Å². The van der Waals surface area contributed by atoms with Crippen LogP contribution in [0.5, 0.6) is 0 Å². The zero-order chi connectivity index (χ0) is 18.7. The van der Waals surface area contributed by atoms with E-state index >= 15 is 0 Å². The number of carbonyl (C=O) groups excluding carboxylic acids is 1. The van der Waals surface area contributed by atoms with Gasteiger partial charge in [-0.3, -0.25) is 19.6 Å². The van der Waals surface area contributed by atoms with Crippen molar-refractivity contribution >= 4 is 11.7 Å². The average Bonchev–Trinajstić information content (AvgIpc) is 3.19. The Kier molecular flexibility index (Phi) is 4.74. The van der Waals surface area contributed by atoms with E-state index in [9.17, 15) is 14.9 Å². The summed E-state index contributed by atoms with van der Waals surface area (Å²) in [5, 5.41) is 18.8. The molecule has 0 spiro atoms. The number of nitrogens with zero attached hydrogens (tertiary/aromatic N) is 5. The number of hydrogen-bond acceptors (Lipinski definition) is 8. The van der Waals surface area contributed by atoms with Gasteiger partial charge in [0.25, 0.3) is 5.89 Å². The predicted octanol–water partition coefficient (Wildman–Crippen LogP) is 2.20. The van der Waals surface area contributed by atoms with E-state index < -0.39 is 10.9 Å². The molecule has 10 heteroatoms. The first kappa shape index (κ1) is 17.3. The summed E-state index contributed by atoms with van der Waals surface area (Å²) in [6, 6.07) is 9.22. The molecule has 10 nitrogen and oxygen atoms in total. The van der Waals surface area contributed by atoms with Crippen molar-refractivity contribution in [3.63, 3.8) is 0 Å². The van der Waals surface area contributed by atoms with E-state index in [0.29, 0.717) is 5.82 Å². The van der Waals surface area contributed by atoms with Crippen LogP contribution in [0.15, 0.2) is 34.9 Å². The van der Waals surface area contributed by atoms with Gasteiger partial charge in [0.15, 0.2) is 6.61 Å². The molecule has 3 rings (SSSR count). The molecule has 1 aromatic carbocycles. The van der Waals surface area contributed by atoms with Crippen LogP contribution in [-0.2, 0) is 22.7 Å². The Morgan fingerprint density at radius 3 is 2.69 bits per heavy atom. The summed E-state index contributed by atoms with van der Waals surface area (Å²) in [4.78, 5) is 26.6. The first-order chi connectivity index (χ1) is 12.5. The number of aryl methyl sites for hydroxylation is 1. The lowest BCUT2D eigenvalue weighted by atomic mass is 10.2. The van der Waals surface area contributed by atoms with Crippen LogP contribution in [-0.4, -0.2) is 30.8 Å². The lowest BCUT2D eigenvalue weighted by Gasteiger charge is -2.03. The number of esters is 1. The van der Waals surface area contributed by atoms with Gasteiger partial charge < -0.3 is 9.26 Å². The number of hydrogen-bond donors (Lipinski definition) is 0. The Labute approximate surface area is 147 Å². The maximum absolute atomic E-state index is 12.0. The van der Waals surface area contributed by atoms with Crippen molar-refractivity contribution in [3.8, 4) is 11.4 Å². The monoisotopic (exact) mass is 357 g/mol. The zero-order valence-electron chi connectivity index (χ0n) is 14.1. The molecule has 2 aromatic heterocycles. The smallest absolute Gasteiger partial charge is 0.328 e. The Morgan fingerprint density at radius 1 is 1.31 bits per heavy atom. The Bertz CT molecular complexity index is 947. The first-order valence-corrected chi connectivity index (χ1v) is 7.67. The van der Waals surface area contributed by atoms with Gasteiger partial charge in [-0.15, -0.1) is 0 Å². The summed E-state index contributed by atoms with van der Waals surface area (Å²) in [7, 11) is 0. The molecule has 0 saturated heterocycles. The van der Waals surface area contributed by atoms with Crippen LogP contribution in [0.1, 0.15) is 17.3 Å². The molecule has 3 aromatic rings. The van der Waals surface area contributed by atoms with Crippen molar-refractivity contribution in [1.82, 2.24) is 19.9 Å². The predicted molar refractivity (Wildman–Crippen MR) is 87.9 cm³/mol. The van der Waals surface area contributed by atoms with Gasteiger partial charge in [-0.1, -0.05) is 35.5 Å². The molecule has 0 aliphatic heterocycles. The van der Waals surface area contributed by atoms with Gasteiger partial charge in [0, 0.05) is 5.56 Å². The zero-order valence-corrected chi connectivity index (χ0v) is 14.1. The molecule has 26 heavy (non-hydrogen) atoms. The van der Waals surface area contributed by atoms with Gasteiger partial charge in [-0.25, -0.2) is 0 Å². The van der Waals surface area contributed by atoms with Crippen molar-refractivity contribution < 1.29 is 19.0 Å². The highest BCUT2D eigenvalue weighted by atomic mass is 16.6. The van der Waals surface area contributed by atoms with Gasteiger partial charge in [0.1, 0.15) is 17.9 Å². The van der Waals surface area contributed by atoms with E-state index in [4.69, 9.17) is 9.26 Å².